The van der Waals surface area contributed by atoms with Gasteiger partial charge in [-0.3, -0.25) is 0 Å². The van der Waals surface area contributed by atoms with Crippen molar-refractivity contribution in [3.05, 3.63) is 53.3 Å². The summed E-state index contributed by atoms with van der Waals surface area (Å²) in [7, 11) is 1.63. The Balaban J connectivity index is 2.49. The average molecular weight is 266 g/mol. The number of hydrogen-bond donors (Lipinski definition) is 1. The summed E-state index contributed by atoms with van der Waals surface area (Å²) in [5, 5.41) is 0. The molecule has 0 fully saturated rings. The monoisotopic (exact) mass is 266 g/mol. The van der Waals surface area contributed by atoms with Gasteiger partial charge in [0.2, 0.25) is 0 Å². The first kappa shape index (κ1) is 13.3. The minimum atomic E-state index is -0.952. The van der Waals surface area contributed by atoms with E-state index in [0.717, 1.165) is 12.1 Å². The Bertz CT molecular complexity index is 626. The molecule has 0 heterocycles. The highest BCUT2D eigenvalue weighted by atomic mass is 19.2. The van der Waals surface area contributed by atoms with Crippen LogP contribution in [0.3, 0.4) is 0 Å². The summed E-state index contributed by atoms with van der Waals surface area (Å²) in [5.74, 6) is -2.36. The molecule has 0 atom stereocenters. The number of halogens is 3. The molecule has 0 bridgehead atoms. The first-order valence-corrected chi connectivity index (χ1v) is 5.64. The second-order valence-electron chi connectivity index (χ2n) is 4.30. The van der Waals surface area contributed by atoms with Gasteiger partial charge in [-0.25, -0.2) is 13.2 Å². The van der Waals surface area contributed by atoms with Crippen LogP contribution in [-0.2, 0) is 0 Å². The maximum atomic E-state index is 13.4. The van der Waals surface area contributed by atoms with Gasteiger partial charge in [0.25, 0.3) is 0 Å². The minimum absolute atomic E-state index is 0.310. The third-order valence-electron chi connectivity index (χ3n) is 3.04. The fraction of sp³-hybridized carbons (Fsp3) is 0.143. The molecule has 2 rings (SSSR count). The van der Waals surface area contributed by atoms with Crippen LogP contribution in [0, 0.1) is 24.4 Å². The molecule has 0 aliphatic carbocycles. The summed E-state index contributed by atoms with van der Waals surface area (Å²) in [4.78, 5) is 1.55. The maximum absolute atomic E-state index is 13.4. The van der Waals surface area contributed by atoms with Crippen LogP contribution in [0.5, 0.6) is 0 Å². The minimum Gasteiger partial charge on any atom is -0.398 e. The van der Waals surface area contributed by atoms with Crippen LogP contribution in [0.25, 0.3) is 0 Å². The molecule has 2 aromatic rings. The van der Waals surface area contributed by atoms with Gasteiger partial charge >= 0.3 is 0 Å². The molecule has 2 N–H and O–H groups in total. The Morgan fingerprint density at radius 2 is 1.68 bits per heavy atom. The third kappa shape index (κ3) is 2.50. The van der Waals surface area contributed by atoms with E-state index in [9.17, 15) is 13.2 Å². The number of nitrogens with zero attached hydrogens (tertiary/aromatic N) is 1. The molecule has 0 aliphatic heterocycles. The molecule has 0 unspecified atom stereocenters. The molecule has 0 amide bonds. The molecular weight excluding hydrogens is 253 g/mol. The van der Waals surface area contributed by atoms with Gasteiger partial charge in [0.05, 0.1) is 0 Å². The van der Waals surface area contributed by atoms with Gasteiger partial charge in [-0.1, -0.05) is 0 Å². The third-order valence-corrected chi connectivity index (χ3v) is 3.04. The van der Waals surface area contributed by atoms with Gasteiger partial charge in [-0.05, 0) is 36.8 Å². The smallest absolute Gasteiger partial charge is 0.160 e. The number of hydrogen-bond acceptors (Lipinski definition) is 2. The summed E-state index contributed by atoms with van der Waals surface area (Å²) < 4.78 is 39.5. The SMILES string of the molecule is Cc1c(N)cc(F)cc1N(C)c1ccc(F)c(F)c1. The predicted octanol–water partition coefficient (Wildman–Crippen LogP) is 3.76. The highest BCUT2D eigenvalue weighted by molar-refractivity contribution is 5.71. The lowest BCUT2D eigenvalue weighted by Crippen LogP contribution is -2.12. The average Bonchev–Trinajstić information content (AvgIpc) is 2.36. The fourth-order valence-electron chi connectivity index (χ4n) is 1.87. The van der Waals surface area contributed by atoms with Crippen LogP contribution >= 0.6 is 0 Å². The largest absolute Gasteiger partial charge is 0.398 e. The first-order chi connectivity index (χ1) is 8.90. The summed E-state index contributed by atoms with van der Waals surface area (Å²) in [6.45, 7) is 1.74. The second-order valence-corrected chi connectivity index (χ2v) is 4.30. The van der Waals surface area contributed by atoms with E-state index in [1.54, 1.807) is 18.9 Å². The van der Waals surface area contributed by atoms with E-state index in [1.165, 1.54) is 18.2 Å². The molecule has 0 saturated carbocycles. The van der Waals surface area contributed by atoms with E-state index in [2.05, 4.69) is 0 Å². The molecule has 19 heavy (non-hydrogen) atoms. The maximum Gasteiger partial charge on any atom is 0.160 e. The Morgan fingerprint density at radius 3 is 2.32 bits per heavy atom. The van der Waals surface area contributed by atoms with Gasteiger partial charge in [0, 0.05) is 30.2 Å². The van der Waals surface area contributed by atoms with Crippen LogP contribution in [0.2, 0.25) is 0 Å². The van der Waals surface area contributed by atoms with Crippen LogP contribution in [-0.4, -0.2) is 7.05 Å². The quantitative estimate of drug-likeness (QED) is 0.838. The normalized spacial score (nSPS) is 10.6. The molecule has 100 valence electrons. The van der Waals surface area contributed by atoms with E-state index in [-0.39, 0.29) is 0 Å². The van der Waals surface area contributed by atoms with Crippen molar-refractivity contribution in [1.29, 1.82) is 0 Å². The van der Waals surface area contributed by atoms with Crippen LogP contribution in [0.4, 0.5) is 30.2 Å². The van der Waals surface area contributed by atoms with Gasteiger partial charge in [0.1, 0.15) is 5.82 Å². The highest BCUT2D eigenvalue weighted by Crippen LogP contribution is 2.31. The van der Waals surface area contributed by atoms with E-state index < -0.39 is 17.5 Å². The zero-order valence-electron chi connectivity index (χ0n) is 10.5. The van der Waals surface area contributed by atoms with Gasteiger partial charge in [-0.15, -0.1) is 0 Å². The number of nitrogens with two attached hydrogens (primary N) is 1. The first-order valence-electron chi connectivity index (χ1n) is 5.64. The van der Waals surface area contributed by atoms with Crippen molar-refractivity contribution < 1.29 is 13.2 Å². The van der Waals surface area contributed by atoms with E-state index in [4.69, 9.17) is 5.73 Å². The topological polar surface area (TPSA) is 29.3 Å². The number of benzene rings is 2. The van der Waals surface area contributed by atoms with Crippen molar-refractivity contribution in [3.63, 3.8) is 0 Å². The zero-order chi connectivity index (χ0) is 14.2. The second kappa shape index (κ2) is 4.84. The molecule has 0 spiro atoms. The Kier molecular flexibility index (Phi) is 3.38. The summed E-state index contributed by atoms with van der Waals surface area (Å²) in [6.07, 6.45) is 0. The van der Waals surface area contributed by atoms with Gasteiger partial charge < -0.3 is 10.6 Å². The van der Waals surface area contributed by atoms with Crippen molar-refractivity contribution in [2.45, 2.75) is 6.92 Å². The van der Waals surface area contributed by atoms with Crippen LogP contribution in [0.15, 0.2) is 30.3 Å². The standard InChI is InChI=1S/C14H13F3N2/c1-8-13(18)5-9(15)6-14(8)19(2)10-3-4-11(16)12(17)7-10/h3-7H,18H2,1-2H3. The van der Waals surface area contributed by atoms with Gasteiger partial charge in [0.15, 0.2) is 11.6 Å². The van der Waals surface area contributed by atoms with Crippen LogP contribution < -0.4 is 10.6 Å². The van der Waals surface area contributed by atoms with Crippen molar-refractivity contribution in [3.8, 4) is 0 Å². The predicted molar refractivity (Wildman–Crippen MR) is 70.0 cm³/mol. The summed E-state index contributed by atoms with van der Waals surface area (Å²) >= 11 is 0. The Morgan fingerprint density at radius 1 is 1.00 bits per heavy atom. The Labute approximate surface area is 109 Å². The van der Waals surface area contributed by atoms with Gasteiger partial charge in [-0.2, -0.15) is 0 Å². The molecular formula is C14H13F3N2. The van der Waals surface area contributed by atoms with Crippen molar-refractivity contribution in [2.24, 2.45) is 0 Å². The molecule has 0 radical (unpaired) electrons. The highest BCUT2D eigenvalue weighted by Gasteiger charge is 2.13. The summed E-state index contributed by atoms with van der Waals surface area (Å²) in [6, 6.07) is 6.01. The lowest BCUT2D eigenvalue weighted by atomic mass is 10.1. The zero-order valence-corrected chi connectivity index (χ0v) is 10.5. The lowest BCUT2D eigenvalue weighted by molar-refractivity contribution is 0.509. The Hall–Kier alpha value is -2.17. The van der Waals surface area contributed by atoms with Crippen LogP contribution in [0.1, 0.15) is 5.56 Å². The fourth-order valence-corrected chi connectivity index (χ4v) is 1.87. The molecule has 2 nitrogen and oxygen atoms in total. The molecule has 0 aliphatic rings. The number of nitrogen functional groups attached to an aromatic ring is 1. The van der Waals surface area contributed by atoms with Crippen molar-refractivity contribution in [1.82, 2.24) is 0 Å². The van der Waals surface area contributed by atoms with E-state index >= 15 is 0 Å². The lowest BCUT2D eigenvalue weighted by Gasteiger charge is -2.22. The van der Waals surface area contributed by atoms with E-state index in [1.807, 2.05) is 0 Å². The number of rotatable bonds is 2. The number of anilines is 3. The van der Waals surface area contributed by atoms with Crippen molar-refractivity contribution >= 4 is 17.1 Å². The molecule has 0 saturated heterocycles. The van der Waals surface area contributed by atoms with E-state index in [0.29, 0.717) is 22.6 Å². The molecule has 0 aromatic heterocycles. The summed E-state index contributed by atoms with van der Waals surface area (Å²) in [5.41, 5.74) is 7.59. The molecule has 2 aromatic carbocycles. The molecule has 5 heteroatoms. The van der Waals surface area contributed by atoms with Crippen molar-refractivity contribution in [2.75, 3.05) is 17.7 Å².